The van der Waals surface area contributed by atoms with E-state index in [9.17, 15) is 21.6 Å². The van der Waals surface area contributed by atoms with Gasteiger partial charge >= 0.3 is 6.18 Å². The van der Waals surface area contributed by atoms with Crippen molar-refractivity contribution < 1.29 is 26.3 Å². The summed E-state index contributed by atoms with van der Waals surface area (Å²) >= 11 is 0. The number of hydrogen-bond acceptors (Lipinski definition) is 3. The van der Waals surface area contributed by atoms with E-state index in [1.54, 1.807) is 0 Å². The van der Waals surface area contributed by atoms with Crippen molar-refractivity contribution in [2.75, 3.05) is 13.4 Å². The molecule has 1 aromatic rings. The van der Waals surface area contributed by atoms with Crippen LogP contribution in [-0.2, 0) is 16.0 Å². The maximum absolute atomic E-state index is 12.5. The number of methoxy groups -OCH3 is 1. The molecule has 1 aromatic carbocycles. The number of sulfone groups is 1. The van der Waals surface area contributed by atoms with Crippen molar-refractivity contribution >= 4 is 9.84 Å². The Morgan fingerprint density at radius 2 is 1.94 bits per heavy atom. The fraction of sp³-hybridized carbons (Fsp3) is 0.333. The fourth-order valence-electron chi connectivity index (χ4n) is 1.17. The van der Waals surface area contributed by atoms with Gasteiger partial charge in [0.2, 0.25) is 0 Å². The second-order valence-electron chi connectivity index (χ2n) is 3.02. The third-order valence-electron chi connectivity index (χ3n) is 1.80. The molecule has 0 amide bonds. The Balaban J connectivity index is 3.57. The number of halogens is 3. The number of rotatable bonds is 2. The Bertz CT molecular complexity index is 491. The third kappa shape index (κ3) is 2.46. The van der Waals surface area contributed by atoms with E-state index in [0.29, 0.717) is 0 Å². The lowest BCUT2D eigenvalue weighted by atomic mass is 10.2. The second-order valence-corrected chi connectivity index (χ2v) is 5.00. The molecule has 0 fully saturated rings. The summed E-state index contributed by atoms with van der Waals surface area (Å²) in [5, 5.41) is 0. The topological polar surface area (TPSA) is 43.4 Å². The predicted molar refractivity (Wildman–Crippen MR) is 49.9 cm³/mol. The van der Waals surface area contributed by atoms with Gasteiger partial charge in [-0.25, -0.2) is 8.42 Å². The predicted octanol–water partition coefficient (Wildman–Crippen LogP) is 1.92. The van der Waals surface area contributed by atoms with E-state index in [1.165, 1.54) is 0 Å². The molecule has 3 nitrogen and oxygen atoms in total. The summed E-state index contributed by atoms with van der Waals surface area (Å²) in [5.74, 6) is -0.725. The van der Waals surface area contributed by atoms with Gasteiger partial charge in [-0.15, -0.1) is 0 Å². The normalized spacial score (nSPS) is 12.6. The first-order valence-electron chi connectivity index (χ1n) is 4.04. The molecule has 0 spiro atoms. The van der Waals surface area contributed by atoms with Gasteiger partial charge in [0, 0.05) is 6.26 Å². The molecule has 0 aromatic heterocycles. The van der Waals surface area contributed by atoms with Crippen LogP contribution in [0.4, 0.5) is 13.2 Å². The maximum Gasteiger partial charge on any atom is 0.420 e. The molecule has 0 atom stereocenters. The van der Waals surface area contributed by atoms with Crippen LogP contribution in [0.15, 0.2) is 17.0 Å². The fourth-order valence-corrected chi connectivity index (χ4v) is 2.01. The van der Waals surface area contributed by atoms with Crippen molar-refractivity contribution in [1.29, 1.82) is 0 Å². The maximum atomic E-state index is 12.5. The molecule has 0 aliphatic heterocycles. The summed E-state index contributed by atoms with van der Waals surface area (Å²) in [6, 6.07) is 3.85. The molecule has 16 heavy (non-hydrogen) atoms. The van der Waals surface area contributed by atoms with Crippen LogP contribution in [0.25, 0.3) is 0 Å². The highest BCUT2D eigenvalue weighted by Crippen LogP contribution is 2.39. The van der Waals surface area contributed by atoms with Crippen molar-refractivity contribution in [3.8, 4) is 5.75 Å². The lowest BCUT2D eigenvalue weighted by Gasteiger charge is -2.13. The van der Waals surface area contributed by atoms with Crippen LogP contribution in [0, 0.1) is 6.07 Å². The van der Waals surface area contributed by atoms with Crippen molar-refractivity contribution in [3.05, 3.63) is 23.8 Å². The first-order valence-corrected chi connectivity index (χ1v) is 5.93. The quantitative estimate of drug-likeness (QED) is 0.808. The smallest absolute Gasteiger partial charge is 0.420 e. The average Bonchev–Trinajstić information content (AvgIpc) is 2.13. The molecule has 0 heterocycles. The zero-order valence-electron chi connectivity index (χ0n) is 8.42. The molecule has 7 heteroatoms. The van der Waals surface area contributed by atoms with Crippen molar-refractivity contribution in [2.24, 2.45) is 0 Å². The Kier molecular flexibility index (Phi) is 3.18. The minimum Gasteiger partial charge on any atom is -0.495 e. The van der Waals surface area contributed by atoms with E-state index in [-0.39, 0.29) is 0 Å². The zero-order valence-corrected chi connectivity index (χ0v) is 9.24. The largest absolute Gasteiger partial charge is 0.495 e. The lowest BCUT2D eigenvalue weighted by molar-refractivity contribution is -0.139. The van der Waals surface area contributed by atoms with Crippen LogP contribution >= 0.6 is 0 Å². The number of ether oxygens (including phenoxy) is 1. The van der Waals surface area contributed by atoms with Crippen molar-refractivity contribution in [3.63, 3.8) is 0 Å². The molecule has 1 radical (unpaired) electrons. The molecule has 1 rings (SSSR count). The standard InChI is InChI=1S/C9H8F3O3S/c1-15-8-6(9(10,11)12)4-3-5-7(8)16(2,13)14/h3,5H,1-2H3. The van der Waals surface area contributed by atoms with Gasteiger partial charge in [-0.3, -0.25) is 0 Å². The Morgan fingerprint density at radius 3 is 2.31 bits per heavy atom. The molecule has 0 aliphatic rings. The molecule has 0 bridgehead atoms. The minimum atomic E-state index is -4.70. The molecule has 89 valence electrons. The van der Waals surface area contributed by atoms with Gasteiger partial charge < -0.3 is 4.74 Å². The molecule has 0 aliphatic carbocycles. The Morgan fingerprint density at radius 1 is 1.38 bits per heavy atom. The molecular weight excluding hydrogens is 245 g/mol. The molecule has 0 unspecified atom stereocenters. The van der Waals surface area contributed by atoms with Crippen molar-refractivity contribution in [1.82, 2.24) is 0 Å². The van der Waals surface area contributed by atoms with Crippen LogP contribution in [0.1, 0.15) is 5.56 Å². The number of alkyl halides is 3. The van der Waals surface area contributed by atoms with Crippen LogP contribution < -0.4 is 4.74 Å². The van der Waals surface area contributed by atoms with Crippen molar-refractivity contribution in [2.45, 2.75) is 11.1 Å². The van der Waals surface area contributed by atoms with E-state index >= 15 is 0 Å². The van der Waals surface area contributed by atoms with Gasteiger partial charge in [0.15, 0.2) is 9.84 Å². The number of hydrogen-bond donors (Lipinski definition) is 0. The van der Waals surface area contributed by atoms with Gasteiger partial charge in [-0.2, -0.15) is 13.2 Å². The monoisotopic (exact) mass is 253 g/mol. The molecule has 0 saturated heterocycles. The summed E-state index contributed by atoms with van der Waals surface area (Å²) in [5.41, 5.74) is -1.22. The molecule has 0 N–H and O–H groups in total. The minimum absolute atomic E-state index is 0.499. The molecule has 0 saturated carbocycles. The van der Waals surface area contributed by atoms with Crippen LogP contribution in [-0.4, -0.2) is 21.8 Å². The summed E-state index contributed by atoms with van der Waals surface area (Å²) in [7, 11) is -2.79. The lowest BCUT2D eigenvalue weighted by Crippen LogP contribution is -2.11. The molecular formula is C9H8F3O3S. The SMILES string of the molecule is COc1c(C(F)(F)F)[c]ccc1S(C)(=O)=O. The van der Waals surface area contributed by atoms with Crippen LogP contribution in [0.5, 0.6) is 5.75 Å². The van der Waals surface area contributed by atoms with Gasteiger partial charge in [0.1, 0.15) is 16.2 Å². The van der Waals surface area contributed by atoms with E-state index in [1.807, 2.05) is 6.07 Å². The number of benzene rings is 1. The highest BCUT2D eigenvalue weighted by Gasteiger charge is 2.36. The van der Waals surface area contributed by atoms with Crippen LogP contribution in [0.3, 0.4) is 0 Å². The van der Waals surface area contributed by atoms with E-state index in [0.717, 1.165) is 25.5 Å². The summed E-state index contributed by atoms with van der Waals surface area (Å²) < 4.78 is 64.5. The summed E-state index contributed by atoms with van der Waals surface area (Å²) in [6.45, 7) is 0. The van der Waals surface area contributed by atoms with Gasteiger partial charge in [-0.1, -0.05) is 6.07 Å². The zero-order chi connectivity index (χ0) is 12.6. The van der Waals surface area contributed by atoms with Gasteiger partial charge in [-0.05, 0) is 12.1 Å². The summed E-state index contributed by atoms with van der Waals surface area (Å²) in [6.07, 6.45) is -3.89. The van der Waals surface area contributed by atoms with E-state index in [4.69, 9.17) is 0 Å². The Hall–Kier alpha value is -1.24. The third-order valence-corrected chi connectivity index (χ3v) is 2.92. The average molecular weight is 253 g/mol. The Labute approximate surface area is 90.8 Å². The highest BCUT2D eigenvalue weighted by atomic mass is 32.2. The first-order chi connectivity index (χ1) is 7.18. The van der Waals surface area contributed by atoms with Crippen LogP contribution in [0.2, 0.25) is 0 Å². The van der Waals surface area contributed by atoms with Gasteiger partial charge in [0.05, 0.1) is 7.11 Å². The van der Waals surface area contributed by atoms with E-state index < -0.39 is 32.2 Å². The second kappa shape index (κ2) is 3.97. The van der Waals surface area contributed by atoms with Gasteiger partial charge in [0.25, 0.3) is 0 Å². The summed E-state index contributed by atoms with van der Waals surface area (Å²) in [4.78, 5) is -0.499. The highest BCUT2D eigenvalue weighted by molar-refractivity contribution is 7.90. The van der Waals surface area contributed by atoms with E-state index in [2.05, 4.69) is 4.74 Å². The first kappa shape index (κ1) is 12.8.